The van der Waals surface area contributed by atoms with E-state index in [9.17, 15) is 0 Å². The third-order valence-electron chi connectivity index (χ3n) is 3.40. The number of hydrogen-bond acceptors (Lipinski definition) is 1. The maximum absolute atomic E-state index is 3.87. The second-order valence-corrected chi connectivity index (χ2v) is 7.22. The normalized spacial score (nSPS) is 21.8. The lowest BCUT2D eigenvalue weighted by Gasteiger charge is -2.34. The summed E-state index contributed by atoms with van der Waals surface area (Å²) in [6.45, 7) is 7.72. The summed E-state index contributed by atoms with van der Waals surface area (Å²) < 4.78 is 3.39. The lowest BCUT2D eigenvalue weighted by atomic mass is 9.87. The SMILES string of the molecule is C=CC[C@H]1Cc2c(Br)cc(Br)c(Br)c2[C@H](CC=C)N1. The van der Waals surface area contributed by atoms with Gasteiger partial charge in [0.25, 0.3) is 0 Å². The molecule has 0 aliphatic carbocycles. The summed E-state index contributed by atoms with van der Waals surface area (Å²) in [4.78, 5) is 0. The van der Waals surface area contributed by atoms with Gasteiger partial charge in [-0.3, -0.25) is 0 Å². The van der Waals surface area contributed by atoms with Gasteiger partial charge in [-0.05, 0) is 68.3 Å². The van der Waals surface area contributed by atoms with E-state index in [1.807, 2.05) is 12.2 Å². The van der Waals surface area contributed by atoms with Crippen LogP contribution in [0.25, 0.3) is 0 Å². The van der Waals surface area contributed by atoms with E-state index < -0.39 is 0 Å². The number of benzene rings is 1. The van der Waals surface area contributed by atoms with Crippen LogP contribution in [0.2, 0.25) is 0 Å². The zero-order chi connectivity index (χ0) is 14.0. The molecule has 0 aromatic heterocycles. The van der Waals surface area contributed by atoms with Crippen molar-refractivity contribution >= 4 is 47.8 Å². The van der Waals surface area contributed by atoms with E-state index in [4.69, 9.17) is 0 Å². The van der Waals surface area contributed by atoms with E-state index in [1.165, 1.54) is 15.6 Å². The van der Waals surface area contributed by atoms with Crippen molar-refractivity contribution in [3.05, 3.63) is 55.9 Å². The Morgan fingerprint density at radius 3 is 2.47 bits per heavy atom. The molecule has 0 spiro atoms. The molecule has 0 bridgehead atoms. The van der Waals surface area contributed by atoms with Gasteiger partial charge in [-0.15, -0.1) is 13.2 Å². The average molecular weight is 450 g/mol. The fourth-order valence-electron chi connectivity index (χ4n) is 2.60. The quantitative estimate of drug-likeness (QED) is 0.460. The number of halogens is 3. The first kappa shape index (κ1) is 15.5. The monoisotopic (exact) mass is 447 g/mol. The molecule has 1 aliphatic rings. The highest BCUT2D eigenvalue weighted by atomic mass is 79.9. The first-order valence-corrected chi connectivity index (χ1v) is 8.60. The number of fused-ring (bicyclic) bond motifs is 1. The molecule has 0 amide bonds. The van der Waals surface area contributed by atoms with Crippen molar-refractivity contribution in [1.82, 2.24) is 5.32 Å². The average Bonchev–Trinajstić information content (AvgIpc) is 2.36. The highest BCUT2D eigenvalue weighted by Gasteiger charge is 2.29. The Kier molecular flexibility index (Phi) is 5.46. The zero-order valence-corrected chi connectivity index (χ0v) is 15.3. The molecule has 0 radical (unpaired) electrons. The van der Waals surface area contributed by atoms with Crippen LogP contribution in [-0.4, -0.2) is 6.04 Å². The first-order chi connectivity index (χ1) is 9.08. The van der Waals surface area contributed by atoms with Gasteiger partial charge < -0.3 is 5.32 Å². The summed E-state index contributed by atoms with van der Waals surface area (Å²) in [5.74, 6) is 0. The summed E-state index contributed by atoms with van der Waals surface area (Å²) in [7, 11) is 0. The predicted octanol–water partition coefficient (Wildman–Crippen LogP) is 5.68. The van der Waals surface area contributed by atoms with Crippen molar-refractivity contribution in [3.8, 4) is 0 Å². The van der Waals surface area contributed by atoms with Crippen LogP contribution in [0.3, 0.4) is 0 Å². The van der Waals surface area contributed by atoms with Crippen molar-refractivity contribution in [2.24, 2.45) is 0 Å². The Morgan fingerprint density at radius 2 is 1.84 bits per heavy atom. The van der Waals surface area contributed by atoms with Crippen molar-refractivity contribution in [3.63, 3.8) is 0 Å². The number of hydrogen-bond donors (Lipinski definition) is 1. The van der Waals surface area contributed by atoms with E-state index in [1.54, 1.807) is 0 Å². The Balaban J connectivity index is 2.50. The fourth-order valence-corrected chi connectivity index (χ4v) is 4.58. The molecule has 0 fully saturated rings. The van der Waals surface area contributed by atoms with Gasteiger partial charge in [-0.25, -0.2) is 0 Å². The van der Waals surface area contributed by atoms with Crippen LogP contribution in [0, 0.1) is 0 Å². The summed E-state index contributed by atoms with van der Waals surface area (Å²) in [6, 6.07) is 2.86. The Morgan fingerprint density at radius 1 is 1.16 bits per heavy atom. The fraction of sp³-hybridized carbons (Fsp3) is 0.333. The van der Waals surface area contributed by atoms with Gasteiger partial charge in [0.15, 0.2) is 0 Å². The Bertz CT molecular complexity index is 511. The smallest absolute Gasteiger partial charge is 0.0372 e. The first-order valence-electron chi connectivity index (χ1n) is 6.22. The van der Waals surface area contributed by atoms with Crippen LogP contribution >= 0.6 is 47.8 Å². The van der Waals surface area contributed by atoms with Crippen LogP contribution in [0.4, 0.5) is 0 Å². The van der Waals surface area contributed by atoms with Crippen LogP contribution < -0.4 is 5.32 Å². The van der Waals surface area contributed by atoms with E-state index in [0.29, 0.717) is 12.1 Å². The zero-order valence-electron chi connectivity index (χ0n) is 10.6. The van der Waals surface area contributed by atoms with Gasteiger partial charge in [-0.2, -0.15) is 0 Å². The molecule has 0 unspecified atom stereocenters. The van der Waals surface area contributed by atoms with E-state index in [2.05, 4.69) is 72.3 Å². The molecular weight excluding hydrogens is 434 g/mol. The maximum atomic E-state index is 3.87. The van der Waals surface area contributed by atoms with Crippen LogP contribution in [0.5, 0.6) is 0 Å². The Hall–Kier alpha value is 0.1000. The third-order valence-corrected chi connectivity index (χ3v) is 6.12. The number of nitrogens with one attached hydrogen (secondary N) is 1. The molecule has 1 nitrogen and oxygen atoms in total. The molecule has 1 heterocycles. The van der Waals surface area contributed by atoms with Gasteiger partial charge in [0, 0.05) is 25.5 Å². The van der Waals surface area contributed by atoms with Crippen molar-refractivity contribution < 1.29 is 0 Å². The Labute approximate surface area is 139 Å². The second kappa shape index (κ2) is 6.70. The molecule has 1 aromatic rings. The lowest BCUT2D eigenvalue weighted by Crippen LogP contribution is -2.39. The van der Waals surface area contributed by atoms with Crippen molar-refractivity contribution in [2.75, 3.05) is 0 Å². The summed E-state index contributed by atoms with van der Waals surface area (Å²) in [5, 5.41) is 3.69. The molecule has 2 rings (SSSR count). The van der Waals surface area contributed by atoms with Crippen molar-refractivity contribution in [1.29, 1.82) is 0 Å². The van der Waals surface area contributed by atoms with Crippen molar-refractivity contribution in [2.45, 2.75) is 31.3 Å². The van der Waals surface area contributed by atoms with Crippen LogP contribution in [0.1, 0.15) is 30.0 Å². The molecule has 2 atom stereocenters. The van der Waals surface area contributed by atoms with Gasteiger partial charge >= 0.3 is 0 Å². The highest BCUT2D eigenvalue weighted by molar-refractivity contribution is 9.13. The minimum atomic E-state index is 0.300. The second-order valence-electron chi connectivity index (χ2n) is 4.72. The predicted molar refractivity (Wildman–Crippen MR) is 92.5 cm³/mol. The van der Waals surface area contributed by atoms with Gasteiger partial charge in [0.05, 0.1) is 0 Å². The summed E-state index contributed by atoms with van der Waals surface area (Å²) in [6.07, 6.45) is 6.87. The van der Waals surface area contributed by atoms with Gasteiger partial charge in [0.1, 0.15) is 0 Å². The molecule has 0 saturated heterocycles. The molecule has 1 aliphatic heterocycles. The molecule has 19 heavy (non-hydrogen) atoms. The topological polar surface area (TPSA) is 12.0 Å². The van der Waals surface area contributed by atoms with Crippen LogP contribution in [-0.2, 0) is 6.42 Å². The summed E-state index contributed by atoms with van der Waals surface area (Å²) in [5.41, 5.74) is 2.72. The van der Waals surface area contributed by atoms with Crippen LogP contribution in [0.15, 0.2) is 44.8 Å². The maximum Gasteiger partial charge on any atom is 0.0372 e. The lowest BCUT2D eigenvalue weighted by molar-refractivity contribution is 0.403. The third kappa shape index (κ3) is 3.23. The largest absolute Gasteiger partial charge is 0.306 e. The molecular formula is C15H16Br3N. The number of rotatable bonds is 4. The summed E-state index contributed by atoms with van der Waals surface area (Å²) >= 11 is 11.0. The van der Waals surface area contributed by atoms with E-state index >= 15 is 0 Å². The standard InChI is InChI=1S/C15H16Br3N/c1-3-5-9-7-10-11(16)8-12(17)15(18)14(10)13(19-9)6-4-2/h3-4,8-9,13,19H,1-2,5-7H2/t9-,13-/m0/s1. The molecule has 102 valence electrons. The molecule has 4 heteroatoms. The molecule has 1 N–H and O–H groups in total. The molecule has 1 aromatic carbocycles. The molecule has 0 saturated carbocycles. The minimum Gasteiger partial charge on any atom is -0.306 e. The minimum absolute atomic E-state index is 0.300. The van der Waals surface area contributed by atoms with Gasteiger partial charge in [-0.1, -0.05) is 28.1 Å². The van der Waals surface area contributed by atoms with E-state index in [-0.39, 0.29) is 0 Å². The van der Waals surface area contributed by atoms with E-state index in [0.717, 1.165) is 28.2 Å². The van der Waals surface area contributed by atoms with Gasteiger partial charge in [0.2, 0.25) is 0 Å². The highest BCUT2D eigenvalue weighted by Crippen LogP contribution is 2.42.